The zero-order chi connectivity index (χ0) is 9.30. The Kier molecular flexibility index (Phi) is 2.14. The molecule has 0 radical (unpaired) electrons. The number of amides is 2. The molecule has 0 unspecified atom stereocenters. The average Bonchev–Trinajstić information content (AvgIpc) is 2.30. The van der Waals surface area contributed by atoms with Crippen LogP contribution in [0.15, 0.2) is 5.38 Å². The maximum absolute atomic E-state index is 10.7. The Morgan fingerprint density at radius 1 is 1.33 bits per heavy atom. The van der Waals surface area contributed by atoms with Gasteiger partial charge in [-0.2, -0.15) is 0 Å². The summed E-state index contributed by atoms with van der Waals surface area (Å²) in [6.45, 7) is 1.65. The Morgan fingerprint density at radius 2 is 1.92 bits per heavy atom. The van der Waals surface area contributed by atoms with E-state index in [4.69, 9.17) is 11.5 Å². The predicted octanol–water partition coefficient (Wildman–Crippen LogP) is 0.254. The molecule has 0 aliphatic rings. The minimum absolute atomic E-state index is 0.369. The lowest BCUT2D eigenvalue weighted by molar-refractivity contribution is 0.0999. The molecule has 4 nitrogen and oxygen atoms in total. The average molecular weight is 184 g/mol. The Bertz CT molecular complexity index is 312. The molecule has 2 amide bonds. The second-order valence-electron chi connectivity index (χ2n) is 2.33. The van der Waals surface area contributed by atoms with Crippen LogP contribution in [0.25, 0.3) is 0 Å². The normalized spacial score (nSPS) is 9.75. The molecule has 0 spiro atoms. The van der Waals surface area contributed by atoms with Crippen molar-refractivity contribution in [1.29, 1.82) is 0 Å². The van der Waals surface area contributed by atoms with Crippen LogP contribution in [0.5, 0.6) is 0 Å². The molecule has 0 fully saturated rings. The zero-order valence-electron chi connectivity index (χ0n) is 6.46. The minimum atomic E-state index is -0.531. The fourth-order valence-corrected chi connectivity index (χ4v) is 1.83. The summed E-state index contributed by atoms with van der Waals surface area (Å²) >= 11 is 1.14. The van der Waals surface area contributed by atoms with Gasteiger partial charge in [0, 0.05) is 5.38 Å². The van der Waals surface area contributed by atoms with Gasteiger partial charge in [-0.25, -0.2) is 0 Å². The van der Waals surface area contributed by atoms with Crippen molar-refractivity contribution >= 4 is 23.2 Å². The van der Waals surface area contributed by atoms with Crippen LogP contribution < -0.4 is 11.5 Å². The monoisotopic (exact) mass is 184 g/mol. The molecule has 0 aliphatic heterocycles. The standard InChI is InChI=1S/C7H8N2O2S/c1-3-4(6(8)10)2-12-5(3)7(9)11/h2H,1H3,(H2,8,10)(H2,9,11). The summed E-state index contributed by atoms with van der Waals surface area (Å²) in [4.78, 5) is 21.9. The third-order valence-electron chi connectivity index (χ3n) is 1.53. The van der Waals surface area contributed by atoms with Crippen LogP contribution in [0.1, 0.15) is 25.6 Å². The molecule has 1 heterocycles. The first-order chi connectivity index (χ1) is 5.54. The number of carbonyl (C=O) groups is 2. The number of hydrogen-bond donors (Lipinski definition) is 2. The third-order valence-corrected chi connectivity index (χ3v) is 2.63. The first-order valence-electron chi connectivity index (χ1n) is 3.21. The topological polar surface area (TPSA) is 86.2 Å². The summed E-state index contributed by atoms with van der Waals surface area (Å²) in [7, 11) is 0. The van der Waals surface area contributed by atoms with Gasteiger partial charge in [-0.1, -0.05) is 0 Å². The Hall–Kier alpha value is -1.36. The molecular formula is C7H8N2O2S. The van der Waals surface area contributed by atoms with E-state index in [2.05, 4.69) is 0 Å². The molecule has 4 N–H and O–H groups in total. The third kappa shape index (κ3) is 1.31. The molecule has 1 rings (SSSR count). The molecular weight excluding hydrogens is 176 g/mol. The molecule has 12 heavy (non-hydrogen) atoms. The van der Waals surface area contributed by atoms with E-state index < -0.39 is 11.8 Å². The Balaban J connectivity index is 3.22. The number of hydrogen-bond acceptors (Lipinski definition) is 3. The quantitative estimate of drug-likeness (QED) is 0.690. The van der Waals surface area contributed by atoms with Crippen LogP contribution in [-0.4, -0.2) is 11.8 Å². The fraction of sp³-hybridized carbons (Fsp3) is 0.143. The summed E-state index contributed by atoms with van der Waals surface area (Å²) in [5.74, 6) is -1.05. The van der Waals surface area contributed by atoms with Crippen molar-refractivity contribution in [2.45, 2.75) is 6.92 Å². The molecule has 0 atom stereocenters. The van der Waals surface area contributed by atoms with Crippen molar-refractivity contribution in [2.75, 3.05) is 0 Å². The number of primary amides is 2. The summed E-state index contributed by atoms with van der Waals surface area (Å²) in [5.41, 5.74) is 11.0. The van der Waals surface area contributed by atoms with Crippen LogP contribution in [0, 0.1) is 6.92 Å². The van der Waals surface area contributed by atoms with Gasteiger partial charge in [-0.05, 0) is 12.5 Å². The lowest BCUT2D eigenvalue weighted by Gasteiger charge is -1.93. The molecule has 1 aromatic heterocycles. The van der Waals surface area contributed by atoms with E-state index in [9.17, 15) is 9.59 Å². The number of rotatable bonds is 2. The van der Waals surface area contributed by atoms with E-state index in [0.29, 0.717) is 16.0 Å². The molecule has 5 heteroatoms. The second kappa shape index (κ2) is 2.94. The van der Waals surface area contributed by atoms with Crippen LogP contribution >= 0.6 is 11.3 Å². The molecule has 0 saturated heterocycles. The van der Waals surface area contributed by atoms with Gasteiger partial charge in [0.25, 0.3) is 5.91 Å². The molecule has 0 aliphatic carbocycles. The fourth-order valence-electron chi connectivity index (χ4n) is 0.903. The maximum Gasteiger partial charge on any atom is 0.259 e. The van der Waals surface area contributed by atoms with Crippen LogP contribution in [0.2, 0.25) is 0 Å². The van der Waals surface area contributed by atoms with E-state index in [1.54, 1.807) is 6.92 Å². The smallest absolute Gasteiger partial charge is 0.259 e. The van der Waals surface area contributed by atoms with Gasteiger partial charge < -0.3 is 11.5 Å². The van der Waals surface area contributed by atoms with E-state index >= 15 is 0 Å². The minimum Gasteiger partial charge on any atom is -0.366 e. The van der Waals surface area contributed by atoms with Gasteiger partial charge in [0.05, 0.1) is 10.4 Å². The van der Waals surface area contributed by atoms with Crippen molar-refractivity contribution in [3.8, 4) is 0 Å². The molecule has 0 aromatic carbocycles. The van der Waals surface area contributed by atoms with Crippen molar-refractivity contribution in [2.24, 2.45) is 11.5 Å². The zero-order valence-corrected chi connectivity index (χ0v) is 7.27. The molecule has 1 aromatic rings. The Morgan fingerprint density at radius 3 is 2.17 bits per heavy atom. The van der Waals surface area contributed by atoms with E-state index in [-0.39, 0.29) is 0 Å². The summed E-state index contributed by atoms with van der Waals surface area (Å²) in [6.07, 6.45) is 0. The van der Waals surface area contributed by atoms with Crippen molar-refractivity contribution in [3.63, 3.8) is 0 Å². The Labute approximate surface area is 73.2 Å². The molecule has 64 valence electrons. The lowest BCUT2D eigenvalue weighted by atomic mass is 10.1. The van der Waals surface area contributed by atoms with Crippen LogP contribution in [0.3, 0.4) is 0 Å². The van der Waals surface area contributed by atoms with Gasteiger partial charge in [0.2, 0.25) is 5.91 Å². The van der Waals surface area contributed by atoms with Crippen molar-refractivity contribution in [3.05, 3.63) is 21.4 Å². The number of carbonyl (C=O) groups excluding carboxylic acids is 2. The largest absolute Gasteiger partial charge is 0.366 e. The van der Waals surface area contributed by atoms with E-state index in [0.717, 1.165) is 11.3 Å². The van der Waals surface area contributed by atoms with Crippen LogP contribution in [-0.2, 0) is 0 Å². The first kappa shape index (κ1) is 8.73. The summed E-state index contributed by atoms with van der Waals surface area (Å²) in [6, 6.07) is 0. The van der Waals surface area contributed by atoms with Gasteiger partial charge in [-0.3, -0.25) is 9.59 Å². The lowest BCUT2D eigenvalue weighted by Crippen LogP contribution is -2.14. The van der Waals surface area contributed by atoms with Crippen molar-refractivity contribution < 1.29 is 9.59 Å². The highest BCUT2D eigenvalue weighted by Gasteiger charge is 2.14. The van der Waals surface area contributed by atoms with E-state index in [1.807, 2.05) is 0 Å². The molecule has 0 saturated carbocycles. The second-order valence-corrected chi connectivity index (χ2v) is 3.21. The van der Waals surface area contributed by atoms with Gasteiger partial charge in [0.1, 0.15) is 0 Å². The summed E-state index contributed by atoms with van der Waals surface area (Å²) < 4.78 is 0. The van der Waals surface area contributed by atoms with E-state index in [1.165, 1.54) is 5.38 Å². The highest BCUT2D eigenvalue weighted by atomic mass is 32.1. The van der Waals surface area contributed by atoms with Crippen LogP contribution in [0.4, 0.5) is 0 Å². The highest BCUT2D eigenvalue weighted by molar-refractivity contribution is 7.12. The highest BCUT2D eigenvalue weighted by Crippen LogP contribution is 2.20. The van der Waals surface area contributed by atoms with Gasteiger partial charge in [0.15, 0.2) is 0 Å². The van der Waals surface area contributed by atoms with Crippen molar-refractivity contribution in [1.82, 2.24) is 0 Å². The number of thiophene rings is 1. The number of nitrogens with two attached hydrogens (primary N) is 2. The maximum atomic E-state index is 10.7. The SMILES string of the molecule is Cc1c(C(N)=O)csc1C(N)=O. The summed E-state index contributed by atoms with van der Waals surface area (Å²) in [5, 5.41) is 1.54. The predicted molar refractivity (Wildman–Crippen MR) is 46.1 cm³/mol. The first-order valence-corrected chi connectivity index (χ1v) is 4.09. The van der Waals surface area contributed by atoms with Gasteiger partial charge in [-0.15, -0.1) is 11.3 Å². The molecule has 0 bridgehead atoms. The van der Waals surface area contributed by atoms with Gasteiger partial charge >= 0.3 is 0 Å².